The van der Waals surface area contributed by atoms with Gasteiger partial charge in [-0.2, -0.15) is 5.26 Å². The van der Waals surface area contributed by atoms with Gasteiger partial charge in [-0.1, -0.05) is 17.7 Å². The van der Waals surface area contributed by atoms with Gasteiger partial charge in [0, 0.05) is 0 Å². The van der Waals surface area contributed by atoms with Gasteiger partial charge >= 0.3 is 5.97 Å². The average molecular weight is 252 g/mol. The van der Waals surface area contributed by atoms with Crippen molar-refractivity contribution in [3.8, 4) is 6.07 Å². The highest BCUT2D eigenvalue weighted by Crippen LogP contribution is 2.21. The van der Waals surface area contributed by atoms with Crippen LogP contribution in [0.15, 0.2) is 18.2 Å². The minimum atomic E-state index is -0.564. The lowest BCUT2D eigenvalue weighted by Crippen LogP contribution is -2.24. The highest BCUT2D eigenvalue weighted by atomic mass is 35.5. The molecule has 0 saturated carbocycles. The zero-order chi connectivity index (χ0) is 13.1. The summed E-state index contributed by atoms with van der Waals surface area (Å²) in [5.41, 5.74) is 0.484. The minimum absolute atomic E-state index is 0.243. The van der Waals surface area contributed by atoms with Crippen LogP contribution in [0.4, 0.5) is 0 Å². The number of ether oxygens (including phenoxy) is 1. The fourth-order valence-corrected chi connectivity index (χ4v) is 1.46. The highest BCUT2D eigenvalue weighted by molar-refractivity contribution is 6.33. The molecule has 0 atom stereocenters. The van der Waals surface area contributed by atoms with Crippen LogP contribution < -0.4 is 0 Å². The number of carbonyl (C=O) groups is 1. The summed E-state index contributed by atoms with van der Waals surface area (Å²) in [6, 6.07) is 6.95. The molecule has 17 heavy (non-hydrogen) atoms. The number of carbonyl (C=O) groups excluding carboxylic acids is 1. The number of benzene rings is 1. The van der Waals surface area contributed by atoms with Crippen LogP contribution in [0.5, 0.6) is 0 Å². The summed E-state index contributed by atoms with van der Waals surface area (Å²) in [5, 5.41) is 8.94. The van der Waals surface area contributed by atoms with Crippen molar-refractivity contribution in [3.05, 3.63) is 34.3 Å². The van der Waals surface area contributed by atoms with Gasteiger partial charge in [0.2, 0.25) is 0 Å². The normalized spacial score (nSPS) is 10.8. The van der Waals surface area contributed by atoms with Gasteiger partial charge < -0.3 is 4.74 Å². The van der Waals surface area contributed by atoms with Gasteiger partial charge in [-0.15, -0.1) is 0 Å². The quantitative estimate of drug-likeness (QED) is 0.758. The Labute approximate surface area is 106 Å². The molecule has 0 aromatic heterocycles. The molecule has 0 N–H and O–H groups in total. The molecule has 0 bridgehead atoms. The third-order valence-electron chi connectivity index (χ3n) is 1.93. The van der Waals surface area contributed by atoms with Crippen molar-refractivity contribution in [3.63, 3.8) is 0 Å². The Kier molecular flexibility index (Phi) is 4.14. The predicted octanol–water partition coefficient (Wildman–Crippen LogP) is 3.36. The first-order valence-corrected chi connectivity index (χ1v) is 5.60. The van der Waals surface area contributed by atoms with Gasteiger partial charge in [0.25, 0.3) is 0 Å². The lowest BCUT2D eigenvalue weighted by Gasteiger charge is -2.20. The van der Waals surface area contributed by atoms with E-state index in [4.69, 9.17) is 21.6 Å². The summed E-state index contributed by atoms with van der Waals surface area (Å²) in [6.45, 7) is 5.37. The largest absolute Gasteiger partial charge is 0.456 e. The van der Waals surface area contributed by atoms with E-state index in [1.165, 1.54) is 0 Å². The third kappa shape index (κ3) is 4.08. The summed E-state index contributed by atoms with van der Waals surface area (Å²) in [5.74, 6) is -0.470. The van der Waals surface area contributed by atoms with Crippen LogP contribution in [0.3, 0.4) is 0 Å². The van der Waals surface area contributed by atoms with Crippen LogP contribution in [0.1, 0.15) is 36.7 Å². The maximum Gasteiger partial charge on any atom is 0.340 e. The van der Waals surface area contributed by atoms with Gasteiger partial charge in [-0.3, -0.25) is 0 Å². The SMILES string of the molecule is CC(C)(C)OC(=O)c1cc(CC#N)ccc1Cl. The molecule has 0 amide bonds. The van der Waals surface area contributed by atoms with Crippen molar-refractivity contribution in [2.75, 3.05) is 0 Å². The molecule has 0 spiro atoms. The number of nitrogens with zero attached hydrogens (tertiary/aromatic N) is 1. The van der Waals surface area contributed by atoms with E-state index in [-0.39, 0.29) is 6.42 Å². The summed E-state index contributed by atoms with van der Waals surface area (Å²) >= 11 is 5.94. The van der Waals surface area contributed by atoms with Gasteiger partial charge in [-0.25, -0.2) is 4.79 Å². The maximum absolute atomic E-state index is 11.8. The van der Waals surface area contributed by atoms with E-state index in [0.29, 0.717) is 10.6 Å². The van der Waals surface area contributed by atoms with Gasteiger partial charge in [0.15, 0.2) is 0 Å². The van der Waals surface area contributed by atoms with Crippen LogP contribution in [-0.4, -0.2) is 11.6 Å². The molecule has 0 heterocycles. The third-order valence-corrected chi connectivity index (χ3v) is 2.26. The zero-order valence-electron chi connectivity index (χ0n) is 10.1. The lowest BCUT2D eigenvalue weighted by atomic mass is 10.1. The first kappa shape index (κ1) is 13.5. The molecule has 3 nitrogen and oxygen atoms in total. The Morgan fingerprint density at radius 3 is 2.65 bits per heavy atom. The second-order valence-electron chi connectivity index (χ2n) is 4.65. The van der Waals surface area contributed by atoms with E-state index >= 15 is 0 Å². The highest BCUT2D eigenvalue weighted by Gasteiger charge is 2.20. The molecule has 0 saturated heterocycles. The van der Waals surface area contributed by atoms with Crippen molar-refractivity contribution in [2.45, 2.75) is 32.8 Å². The molecule has 0 aliphatic heterocycles. The van der Waals surface area contributed by atoms with Crippen LogP contribution in [0.25, 0.3) is 0 Å². The Morgan fingerprint density at radius 1 is 1.47 bits per heavy atom. The number of hydrogen-bond acceptors (Lipinski definition) is 3. The van der Waals surface area contributed by atoms with Crippen molar-refractivity contribution in [1.29, 1.82) is 5.26 Å². The number of halogens is 1. The molecule has 1 aromatic carbocycles. The monoisotopic (exact) mass is 251 g/mol. The van der Waals surface area contributed by atoms with Crippen LogP contribution in [-0.2, 0) is 11.2 Å². The lowest BCUT2D eigenvalue weighted by molar-refractivity contribution is 0.00696. The molecule has 0 unspecified atom stereocenters. The van der Waals surface area contributed by atoms with Crippen molar-refractivity contribution < 1.29 is 9.53 Å². The van der Waals surface area contributed by atoms with Crippen LogP contribution in [0.2, 0.25) is 5.02 Å². The Hall–Kier alpha value is -1.53. The average Bonchev–Trinajstić information content (AvgIpc) is 2.18. The Bertz CT molecular complexity index is 469. The van der Waals surface area contributed by atoms with E-state index in [1.807, 2.05) is 6.07 Å². The van der Waals surface area contributed by atoms with Crippen LogP contribution in [0, 0.1) is 11.3 Å². The van der Waals surface area contributed by atoms with E-state index < -0.39 is 11.6 Å². The first-order chi connectivity index (χ1) is 7.83. The van der Waals surface area contributed by atoms with Gasteiger partial charge in [0.1, 0.15) is 5.60 Å². The Morgan fingerprint density at radius 2 is 2.12 bits per heavy atom. The standard InChI is InChI=1S/C13H14ClNO2/c1-13(2,3)17-12(16)10-8-9(6-7-15)4-5-11(10)14/h4-5,8H,6H2,1-3H3. The summed E-state index contributed by atoms with van der Waals surface area (Å²) in [4.78, 5) is 11.8. The number of nitriles is 1. The van der Waals surface area contributed by atoms with E-state index in [1.54, 1.807) is 39.0 Å². The fraction of sp³-hybridized carbons (Fsp3) is 0.385. The number of rotatable bonds is 2. The molecule has 0 aliphatic carbocycles. The summed E-state index contributed by atoms with van der Waals surface area (Å²) < 4.78 is 5.23. The molecular formula is C13H14ClNO2. The topological polar surface area (TPSA) is 50.1 Å². The van der Waals surface area contributed by atoms with E-state index in [2.05, 4.69) is 0 Å². The van der Waals surface area contributed by atoms with E-state index in [0.717, 1.165) is 5.56 Å². The fourth-order valence-electron chi connectivity index (χ4n) is 1.26. The Balaban J connectivity index is 3.01. The second-order valence-corrected chi connectivity index (χ2v) is 5.06. The predicted molar refractivity (Wildman–Crippen MR) is 65.9 cm³/mol. The number of hydrogen-bond donors (Lipinski definition) is 0. The molecule has 0 radical (unpaired) electrons. The zero-order valence-corrected chi connectivity index (χ0v) is 10.8. The molecule has 0 aliphatic rings. The second kappa shape index (κ2) is 5.20. The maximum atomic E-state index is 11.8. The molecule has 1 aromatic rings. The minimum Gasteiger partial charge on any atom is -0.456 e. The van der Waals surface area contributed by atoms with E-state index in [9.17, 15) is 4.79 Å². The van der Waals surface area contributed by atoms with Gasteiger partial charge in [-0.05, 0) is 38.5 Å². The molecule has 1 rings (SSSR count). The summed E-state index contributed by atoms with van der Waals surface area (Å²) in [6.07, 6.45) is 0.243. The molecule has 90 valence electrons. The first-order valence-electron chi connectivity index (χ1n) is 5.22. The van der Waals surface area contributed by atoms with Crippen molar-refractivity contribution in [2.24, 2.45) is 0 Å². The van der Waals surface area contributed by atoms with Crippen LogP contribution >= 0.6 is 11.6 Å². The van der Waals surface area contributed by atoms with Crippen molar-refractivity contribution >= 4 is 17.6 Å². The molecule has 4 heteroatoms. The van der Waals surface area contributed by atoms with Crippen molar-refractivity contribution in [1.82, 2.24) is 0 Å². The molecule has 0 fully saturated rings. The number of esters is 1. The summed E-state index contributed by atoms with van der Waals surface area (Å²) in [7, 11) is 0. The smallest absolute Gasteiger partial charge is 0.340 e. The molecular weight excluding hydrogens is 238 g/mol. The van der Waals surface area contributed by atoms with Gasteiger partial charge in [0.05, 0.1) is 23.1 Å².